The minimum atomic E-state index is -1.01. The van der Waals surface area contributed by atoms with E-state index in [9.17, 15) is 29.6 Å². The second-order valence-corrected chi connectivity index (χ2v) is 9.88. The summed E-state index contributed by atoms with van der Waals surface area (Å²) in [5.74, 6) is -1.31. The van der Waals surface area contributed by atoms with Crippen LogP contribution in [0, 0.1) is 16.0 Å². The van der Waals surface area contributed by atoms with E-state index >= 15 is 0 Å². The highest BCUT2D eigenvalue weighted by Gasteiger charge is 2.46. The number of nitrogens with one attached hydrogen (secondary N) is 1. The van der Waals surface area contributed by atoms with Crippen LogP contribution in [-0.2, 0) is 30.4 Å². The second kappa shape index (κ2) is 14.0. The van der Waals surface area contributed by atoms with E-state index in [0.717, 1.165) is 31.2 Å². The maximum absolute atomic E-state index is 13.2. The Hall–Kier alpha value is -3.05. The molecule has 2 fully saturated rings. The number of aliphatic carboxylic acids is 1. The Morgan fingerprint density at radius 3 is 2.62 bits per heavy atom. The summed E-state index contributed by atoms with van der Waals surface area (Å²) in [7, 11) is 0. The van der Waals surface area contributed by atoms with Gasteiger partial charge < -0.3 is 14.7 Å². The highest BCUT2D eigenvalue weighted by atomic mass is 16.9. The van der Waals surface area contributed by atoms with Gasteiger partial charge in [-0.05, 0) is 50.5 Å². The summed E-state index contributed by atoms with van der Waals surface area (Å²) in [6, 6.07) is 7.56. The maximum Gasteiger partial charge on any atom is 0.323 e. The summed E-state index contributed by atoms with van der Waals surface area (Å²) >= 11 is 0. The predicted octanol–water partition coefficient (Wildman–Crippen LogP) is 2.39. The van der Waals surface area contributed by atoms with Gasteiger partial charge >= 0.3 is 11.9 Å². The van der Waals surface area contributed by atoms with Crippen LogP contribution in [0.1, 0.15) is 57.4 Å². The van der Waals surface area contributed by atoms with E-state index in [2.05, 4.69) is 10.2 Å². The zero-order valence-electron chi connectivity index (χ0n) is 21.3. The number of rotatable bonds is 15. The maximum atomic E-state index is 13.2. The van der Waals surface area contributed by atoms with Gasteiger partial charge in [0.1, 0.15) is 12.1 Å². The Balaban J connectivity index is 1.57. The number of aryl methyl sites for hydroxylation is 1. The van der Waals surface area contributed by atoms with Crippen molar-refractivity contribution in [1.82, 2.24) is 10.2 Å². The smallest absolute Gasteiger partial charge is 0.323 e. The molecule has 1 aromatic carbocycles. The van der Waals surface area contributed by atoms with Crippen LogP contribution in [0.15, 0.2) is 30.3 Å². The Kier molecular flexibility index (Phi) is 10.8. The van der Waals surface area contributed by atoms with Gasteiger partial charge in [-0.25, -0.2) is 0 Å². The van der Waals surface area contributed by atoms with Gasteiger partial charge in [0, 0.05) is 12.5 Å². The number of carbonyl (C=O) groups is 3. The van der Waals surface area contributed by atoms with E-state index in [1.54, 1.807) is 6.92 Å². The van der Waals surface area contributed by atoms with E-state index < -0.39 is 35.2 Å². The molecular formula is C26H37N3O8. The average Bonchev–Trinajstić information content (AvgIpc) is 3.24. The molecule has 0 bridgehead atoms. The Morgan fingerprint density at radius 1 is 1.19 bits per heavy atom. The van der Waals surface area contributed by atoms with Crippen molar-refractivity contribution in [1.29, 1.82) is 0 Å². The zero-order valence-corrected chi connectivity index (χ0v) is 21.3. The number of hydrogen-bond donors (Lipinski definition) is 2. The van der Waals surface area contributed by atoms with Crippen molar-refractivity contribution in [3.63, 3.8) is 0 Å². The first-order chi connectivity index (χ1) is 17.8. The molecular weight excluding hydrogens is 482 g/mol. The lowest BCUT2D eigenvalue weighted by atomic mass is 9.84. The zero-order chi connectivity index (χ0) is 26.8. The molecule has 204 valence electrons. The van der Waals surface area contributed by atoms with Crippen LogP contribution in [0.5, 0.6) is 0 Å². The molecule has 1 aliphatic heterocycles. The molecule has 0 aromatic heterocycles. The van der Waals surface area contributed by atoms with Gasteiger partial charge in [-0.1, -0.05) is 43.2 Å². The summed E-state index contributed by atoms with van der Waals surface area (Å²) in [6.07, 6.45) is 5.73. The Morgan fingerprint density at radius 2 is 1.92 bits per heavy atom. The molecule has 1 heterocycles. The largest absolute Gasteiger partial charge is 0.480 e. The molecule has 0 amide bonds. The number of likely N-dealkylation sites (tertiary alicyclic amines) is 1. The van der Waals surface area contributed by atoms with Crippen LogP contribution >= 0.6 is 0 Å². The summed E-state index contributed by atoms with van der Waals surface area (Å²) in [4.78, 5) is 54.4. The highest BCUT2D eigenvalue weighted by Crippen LogP contribution is 2.40. The quantitative estimate of drug-likeness (QED) is 0.153. The van der Waals surface area contributed by atoms with Gasteiger partial charge in [-0.2, -0.15) is 0 Å². The molecule has 3 rings (SSSR count). The Bertz CT molecular complexity index is 928. The van der Waals surface area contributed by atoms with E-state index in [0.29, 0.717) is 25.2 Å². The Labute approximate surface area is 216 Å². The third-order valence-corrected chi connectivity index (χ3v) is 7.36. The number of benzene rings is 1. The first-order valence-corrected chi connectivity index (χ1v) is 13.0. The second-order valence-electron chi connectivity index (χ2n) is 9.88. The van der Waals surface area contributed by atoms with Crippen LogP contribution in [0.4, 0.5) is 0 Å². The fraction of sp³-hybridized carbons (Fsp3) is 0.654. The topological polar surface area (TPSA) is 148 Å². The van der Waals surface area contributed by atoms with Gasteiger partial charge in [0.25, 0.3) is 5.09 Å². The van der Waals surface area contributed by atoms with Crippen molar-refractivity contribution < 1.29 is 34.2 Å². The van der Waals surface area contributed by atoms with Gasteiger partial charge in [-0.3, -0.25) is 24.6 Å². The molecule has 5 unspecified atom stereocenters. The molecule has 0 spiro atoms. The first-order valence-electron chi connectivity index (χ1n) is 13.0. The number of carboxylic acids is 1. The highest BCUT2D eigenvalue weighted by molar-refractivity contribution is 5.87. The van der Waals surface area contributed by atoms with Crippen LogP contribution in [0.2, 0.25) is 0 Å². The van der Waals surface area contributed by atoms with Gasteiger partial charge in [-0.15, -0.1) is 10.1 Å². The molecule has 2 N–H and O–H groups in total. The van der Waals surface area contributed by atoms with E-state index in [-0.39, 0.29) is 38.0 Å². The minimum absolute atomic E-state index is 0.0000424. The number of carbonyl (C=O) groups excluding carboxylic acids is 2. The number of hydrogen-bond acceptors (Lipinski definition) is 9. The SMILES string of the molecule is CC(NC(CCc1ccccc1)C(=O)O)C(=O)CN1C(C(=O)OCCCO[N+](=O)[O-])CC2CCCCC21. The van der Waals surface area contributed by atoms with Crippen LogP contribution in [0.25, 0.3) is 0 Å². The van der Waals surface area contributed by atoms with Crippen molar-refractivity contribution in [2.75, 3.05) is 19.8 Å². The van der Waals surface area contributed by atoms with Crippen molar-refractivity contribution in [3.05, 3.63) is 46.0 Å². The average molecular weight is 520 g/mol. The number of ketones is 1. The standard InChI is InChI=1S/C26H37N3O8/c1-18(27-21(25(31)32)13-12-19-8-3-2-4-9-19)24(30)17-28-22-11-6-5-10-20(22)16-23(28)26(33)36-14-7-15-37-29(34)35/h2-4,8-9,18,20-23,27H,5-7,10-17H2,1H3,(H,31,32). The van der Waals surface area contributed by atoms with Crippen molar-refractivity contribution in [2.24, 2.45) is 5.92 Å². The fourth-order valence-corrected chi connectivity index (χ4v) is 5.42. The molecule has 1 saturated heterocycles. The summed E-state index contributed by atoms with van der Waals surface area (Å²) in [5.41, 5.74) is 1.03. The van der Waals surface area contributed by atoms with Crippen LogP contribution < -0.4 is 5.32 Å². The van der Waals surface area contributed by atoms with Gasteiger partial charge in [0.2, 0.25) is 0 Å². The molecule has 1 saturated carbocycles. The monoisotopic (exact) mass is 519 g/mol. The molecule has 1 aromatic rings. The number of nitrogens with zero attached hydrogens (tertiary/aromatic N) is 2. The molecule has 11 heteroatoms. The molecule has 1 aliphatic carbocycles. The van der Waals surface area contributed by atoms with E-state index in [4.69, 9.17) is 4.74 Å². The van der Waals surface area contributed by atoms with Crippen molar-refractivity contribution in [2.45, 2.75) is 82.5 Å². The summed E-state index contributed by atoms with van der Waals surface area (Å²) < 4.78 is 5.37. The normalized spacial score (nSPS) is 23.0. The van der Waals surface area contributed by atoms with E-state index in [1.807, 2.05) is 35.2 Å². The lowest BCUT2D eigenvalue weighted by Gasteiger charge is -2.33. The summed E-state index contributed by atoms with van der Waals surface area (Å²) in [6.45, 7) is 1.54. The van der Waals surface area contributed by atoms with Crippen molar-refractivity contribution >= 4 is 17.7 Å². The predicted molar refractivity (Wildman–Crippen MR) is 133 cm³/mol. The number of fused-ring (bicyclic) bond motifs is 1. The molecule has 5 atom stereocenters. The van der Waals surface area contributed by atoms with Crippen molar-refractivity contribution in [3.8, 4) is 0 Å². The molecule has 2 aliphatic rings. The lowest BCUT2D eigenvalue weighted by Crippen LogP contribution is -2.51. The minimum Gasteiger partial charge on any atom is -0.480 e. The van der Waals surface area contributed by atoms with Gasteiger partial charge in [0.05, 0.1) is 25.8 Å². The molecule has 11 nitrogen and oxygen atoms in total. The lowest BCUT2D eigenvalue weighted by molar-refractivity contribution is -0.757. The third-order valence-electron chi connectivity index (χ3n) is 7.36. The van der Waals surface area contributed by atoms with Gasteiger partial charge in [0.15, 0.2) is 5.78 Å². The third kappa shape index (κ3) is 8.50. The number of carboxylic acid groups (broad SMARTS) is 1. The number of esters is 1. The number of ether oxygens (including phenoxy) is 1. The van der Waals surface area contributed by atoms with Crippen LogP contribution in [0.3, 0.4) is 0 Å². The number of Topliss-reactive ketones (excluding diaryl/α,β-unsaturated/α-hetero) is 1. The first kappa shape index (κ1) is 28.5. The fourth-order valence-electron chi connectivity index (χ4n) is 5.42. The van der Waals surface area contributed by atoms with Crippen LogP contribution in [-0.4, -0.2) is 76.7 Å². The summed E-state index contributed by atoms with van der Waals surface area (Å²) in [5, 5.41) is 22.0. The molecule has 0 radical (unpaired) electrons. The molecule has 37 heavy (non-hydrogen) atoms. The van der Waals surface area contributed by atoms with E-state index in [1.165, 1.54) is 0 Å².